The van der Waals surface area contributed by atoms with E-state index in [0.29, 0.717) is 34.7 Å². The Hall–Kier alpha value is -1.71. The second-order valence-electron chi connectivity index (χ2n) is 12.7. The predicted octanol–water partition coefficient (Wildman–Crippen LogP) is 6.27. The average Bonchev–Trinajstić information content (AvgIpc) is 2.98. The SMILES string of the molecule is CC1(C)CCC[C@@]2(C)[C@@H]3CC[C@@]4(C)c5c(C(=O)O)cc(O)c(O)c5C[C@@H]4[C@@]3(C)CC[C@H]12. The molecule has 4 heteroatoms. The van der Waals surface area contributed by atoms with Crippen LogP contribution >= 0.6 is 0 Å². The fourth-order valence-electron chi connectivity index (χ4n) is 9.80. The Bertz CT molecular complexity index is 964. The van der Waals surface area contributed by atoms with Gasteiger partial charge in [-0.3, -0.25) is 0 Å². The molecule has 31 heavy (non-hydrogen) atoms. The maximum Gasteiger partial charge on any atom is 0.336 e. The monoisotopic (exact) mass is 426 g/mol. The lowest BCUT2D eigenvalue weighted by Gasteiger charge is -2.67. The minimum atomic E-state index is -1.01. The van der Waals surface area contributed by atoms with Crippen molar-refractivity contribution in [3.8, 4) is 11.5 Å². The highest BCUT2D eigenvalue weighted by Crippen LogP contribution is 2.73. The number of rotatable bonds is 1. The third-order valence-corrected chi connectivity index (χ3v) is 10.9. The second kappa shape index (κ2) is 6.20. The number of phenols is 2. The van der Waals surface area contributed by atoms with Crippen molar-refractivity contribution < 1.29 is 20.1 Å². The minimum absolute atomic E-state index is 0.102. The molecular weight excluding hydrogens is 388 g/mol. The van der Waals surface area contributed by atoms with Crippen LogP contribution < -0.4 is 0 Å². The van der Waals surface area contributed by atoms with Crippen molar-refractivity contribution in [3.05, 3.63) is 22.8 Å². The lowest BCUT2D eigenvalue weighted by atomic mass is 9.37. The van der Waals surface area contributed by atoms with Gasteiger partial charge in [-0.2, -0.15) is 0 Å². The summed E-state index contributed by atoms with van der Waals surface area (Å²) in [7, 11) is 0. The summed E-state index contributed by atoms with van der Waals surface area (Å²) in [4.78, 5) is 12.1. The molecule has 0 aromatic heterocycles. The van der Waals surface area contributed by atoms with Gasteiger partial charge in [-0.1, -0.05) is 41.0 Å². The van der Waals surface area contributed by atoms with Gasteiger partial charge in [0.25, 0.3) is 0 Å². The zero-order chi connectivity index (χ0) is 22.6. The molecule has 4 aliphatic rings. The Kier molecular flexibility index (Phi) is 4.23. The molecule has 4 aliphatic carbocycles. The summed E-state index contributed by atoms with van der Waals surface area (Å²) in [6, 6.07) is 1.26. The van der Waals surface area contributed by atoms with Gasteiger partial charge in [-0.15, -0.1) is 0 Å². The number of hydrogen-bond acceptors (Lipinski definition) is 3. The van der Waals surface area contributed by atoms with Crippen LogP contribution in [0, 0.1) is 34.0 Å². The van der Waals surface area contributed by atoms with Crippen molar-refractivity contribution >= 4 is 5.97 Å². The van der Waals surface area contributed by atoms with Crippen LogP contribution in [0.25, 0.3) is 0 Å². The van der Waals surface area contributed by atoms with Gasteiger partial charge in [0.15, 0.2) is 11.5 Å². The van der Waals surface area contributed by atoms with Gasteiger partial charge in [-0.25, -0.2) is 4.79 Å². The van der Waals surface area contributed by atoms with E-state index in [1.54, 1.807) is 0 Å². The first-order valence-corrected chi connectivity index (χ1v) is 12.2. The smallest absolute Gasteiger partial charge is 0.336 e. The zero-order valence-corrected chi connectivity index (χ0v) is 19.7. The van der Waals surface area contributed by atoms with Crippen molar-refractivity contribution in [1.82, 2.24) is 0 Å². The lowest BCUT2D eigenvalue weighted by Crippen LogP contribution is -2.61. The number of carboxylic acids is 1. The molecule has 0 bridgehead atoms. The first-order chi connectivity index (χ1) is 14.4. The highest BCUT2D eigenvalue weighted by atomic mass is 16.4. The first kappa shape index (κ1) is 21.2. The van der Waals surface area contributed by atoms with Crippen LogP contribution in [0.4, 0.5) is 0 Å². The molecule has 5 rings (SSSR count). The number of carboxylic acid groups (broad SMARTS) is 1. The van der Waals surface area contributed by atoms with Gasteiger partial charge < -0.3 is 15.3 Å². The average molecular weight is 427 g/mol. The second-order valence-corrected chi connectivity index (χ2v) is 12.7. The predicted molar refractivity (Wildman–Crippen MR) is 121 cm³/mol. The molecule has 3 N–H and O–H groups in total. The minimum Gasteiger partial charge on any atom is -0.504 e. The Labute approximate surface area is 186 Å². The van der Waals surface area contributed by atoms with Crippen LogP contribution in [0.5, 0.6) is 11.5 Å². The van der Waals surface area contributed by atoms with Crippen molar-refractivity contribution in [2.75, 3.05) is 0 Å². The van der Waals surface area contributed by atoms with Crippen LogP contribution in [0.1, 0.15) is 101 Å². The van der Waals surface area contributed by atoms with Gasteiger partial charge in [0.1, 0.15) is 0 Å². The van der Waals surface area contributed by atoms with E-state index < -0.39 is 5.97 Å². The summed E-state index contributed by atoms with van der Waals surface area (Å²) in [5, 5.41) is 30.9. The number of aromatic carboxylic acids is 1. The molecular formula is C27H38O4. The fraction of sp³-hybridized carbons (Fsp3) is 0.741. The number of aromatic hydroxyl groups is 2. The van der Waals surface area contributed by atoms with Crippen molar-refractivity contribution in [2.45, 2.75) is 91.4 Å². The van der Waals surface area contributed by atoms with E-state index >= 15 is 0 Å². The molecule has 0 unspecified atom stereocenters. The molecule has 3 saturated carbocycles. The van der Waals surface area contributed by atoms with Gasteiger partial charge >= 0.3 is 5.97 Å². The molecule has 0 saturated heterocycles. The van der Waals surface area contributed by atoms with Gasteiger partial charge in [0.2, 0.25) is 0 Å². The number of phenolic OH excluding ortho intramolecular Hbond substituents is 2. The van der Waals surface area contributed by atoms with Crippen LogP contribution in [-0.2, 0) is 11.8 Å². The Morgan fingerprint density at radius 2 is 1.55 bits per heavy atom. The third kappa shape index (κ3) is 2.51. The van der Waals surface area contributed by atoms with E-state index in [-0.39, 0.29) is 27.9 Å². The zero-order valence-electron chi connectivity index (χ0n) is 19.7. The van der Waals surface area contributed by atoms with Crippen LogP contribution in [0.2, 0.25) is 0 Å². The topological polar surface area (TPSA) is 77.8 Å². The molecule has 4 nitrogen and oxygen atoms in total. The van der Waals surface area contributed by atoms with Gasteiger partial charge in [-0.05, 0) is 96.0 Å². The summed E-state index contributed by atoms with van der Waals surface area (Å²) in [6.07, 6.45) is 9.07. The molecule has 0 amide bonds. The molecule has 3 fully saturated rings. The number of hydrogen-bond donors (Lipinski definition) is 3. The highest BCUT2D eigenvalue weighted by molar-refractivity contribution is 5.92. The van der Waals surface area contributed by atoms with Gasteiger partial charge in [0.05, 0.1) is 5.56 Å². The van der Waals surface area contributed by atoms with E-state index in [1.165, 1.54) is 38.2 Å². The summed E-state index contributed by atoms with van der Waals surface area (Å²) in [5.41, 5.74) is 2.20. The van der Waals surface area contributed by atoms with E-state index in [0.717, 1.165) is 24.3 Å². The molecule has 0 spiro atoms. The van der Waals surface area contributed by atoms with E-state index in [9.17, 15) is 20.1 Å². The molecule has 1 aromatic rings. The van der Waals surface area contributed by atoms with Crippen molar-refractivity contribution in [3.63, 3.8) is 0 Å². The van der Waals surface area contributed by atoms with Crippen molar-refractivity contribution in [1.29, 1.82) is 0 Å². The number of fused-ring (bicyclic) bond motifs is 7. The Morgan fingerprint density at radius 1 is 0.903 bits per heavy atom. The Balaban J connectivity index is 1.63. The molecule has 170 valence electrons. The summed E-state index contributed by atoms with van der Waals surface area (Å²) in [6.45, 7) is 12.2. The number of carbonyl (C=O) groups is 1. The first-order valence-electron chi connectivity index (χ1n) is 12.2. The molecule has 0 radical (unpaired) electrons. The van der Waals surface area contributed by atoms with E-state index in [2.05, 4.69) is 34.6 Å². The molecule has 0 heterocycles. The fourth-order valence-corrected chi connectivity index (χ4v) is 9.80. The quantitative estimate of drug-likeness (QED) is 0.463. The number of benzene rings is 1. The van der Waals surface area contributed by atoms with Crippen molar-refractivity contribution in [2.24, 2.45) is 34.0 Å². The van der Waals surface area contributed by atoms with Crippen LogP contribution in [0.15, 0.2) is 6.07 Å². The van der Waals surface area contributed by atoms with E-state index in [1.807, 2.05) is 0 Å². The van der Waals surface area contributed by atoms with Crippen LogP contribution in [-0.4, -0.2) is 21.3 Å². The molecule has 0 aliphatic heterocycles. The highest BCUT2D eigenvalue weighted by Gasteiger charge is 2.66. The molecule has 1 aromatic carbocycles. The normalized spacial score (nSPS) is 42.8. The van der Waals surface area contributed by atoms with E-state index in [4.69, 9.17) is 0 Å². The maximum absolute atomic E-state index is 12.1. The maximum atomic E-state index is 12.1. The Morgan fingerprint density at radius 3 is 2.23 bits per heavy atom. The summed E-state index contributed by atoms with van der Waals surface area (Å²) < 4.78 is 0. The molecule has 6 atom stereocenters. The largest absolute Gasteiger partial charge is 0.504 e. The lowest BCUT2D eigenvalue weighted by molar-refractivity contribution is -0.175. The van der Waals surface area contributed by atoms with Crippen LogP contribution in [0.3, 0.4) is 0 Å². The summed E-state index contributed by atoms with van der Waals surface area (Å²) >= 11 is 0. The standard InChI is InChI=1S/C27H38O4/c1-24(2)9-6-10-25(3)18(24)7-11-26(4)19(25)8-12-27(5)20(26)14-15-21(27)16(23(30)31)13-17(28)22(15)29/h13,18-20,28-29H,6-12,14H2,1-5H3,(H,30,31)/t18-,19+,20-,25-,26+,27-/m1/s1. The van der Waals surface area contributed by atoms with Gasteiger partial charge in [0, 0.05) is 5.56 Å². The summed E-state index contributed by atoms with van der Waals surface area (Å²) in [5.74, 6) is 0.244. The third-order valence-electron chi connectivity index (χ3n) is 10.9.